The molecule has 0 saturated carbocycles. The number of nitrogens with one attached hydrogen (secondary N) is 1. The Morgan fingerprint density at radius 1 is 0.946 bits per heavy atom. The molecule has 0 aliphatic heterocycles. The normalized spacial score (nSPS) is 12.1. The highest BCUT2D eigenvalue weighted by molar-refractivity contribution is 6.36. The monoisotopic (exact) mass is 540 g/mol. The van der Waals surface area contributed by atoms with Gasteiger partial charge >= 0.3 is 0 Å². The molecule has 0 bridgehead atoms. The largest absolute Gasteiger partial charge is 0.483 e. The summed E-state index contributed by atoms with van der Waals surface area (Å²) >= 11 is 13.0. The molecule has 3 rings (SSSR count). The third-order valence-corrected chi connectivity index (χ3v) is 6.55. The van der Waals surface area contributed by atoms with E-state index in [-0.39, 0.29) is 25.0 Å². The average Bonchev–Trinajstić information content (AvgIpc) is 2.81. The van der Waals surface area contributed by atoms with Crippen LogP contribution in [-0.4, -0.2) is 34.9 Å². The molecule has 0 aliphatic rings. The van der Waals surface area contributed by atoms with E-state index < -0.39 is 11.6 Å². The van der Waals surface area contributed by atoms with Crippen molar-refractivity contribution in [3.63, 3.8) is 0 Å². The molecule has 0 spiro atoms. The van der Waals surface area contributed by atoms with Gasteiger partial charge in [0.2, 0.25) is 5.91 Å². The molecule has 1 atom stereocenters. The molecule has 0 fully saturated rings. The van der Waals surface area contributed by atoms with Gasteiger partial charge in [-0.3, -0.25) is 9.59 Å². The Labute approximate surface area is 229 Å². The first kappa shape index (κ1) is 28.5. The third-order valence-electron chi connectivity index (χ3n) is 5.84. The molecule has 0 saturated heterocycles. The van der Waals surface area contributed by atoms with E-state index in [0.717, 1.165) is 16.7 Å². The number of halogens is 2. The summed E-state index contributed by atoms with van der Waals surface area (Å²) in [6.07, 6.45) is 0.320. The summed E-state index contributed by atoms with van der Waals surface area (Å²) < 4.78 is 5.92. The molecule has 0 radical (unpaired) electrons. The van der Waals surface area contributed by atoms with Crippen LogP contribution in [0.4, 0.5) is 0 Å². The quantitative estimate of drug-likeness (QED) is 0.335. The molecule has 37 heavy (non-hydrogen) atoms. The lowest BCUT2D eigenvalue weighted by Crippen LogP contribution is -2.55. The second kappa shape index (κ2) is 12.5. The minimum Gasteiger partial charge on any atom is -0.483 e. The van der Waals surface area contributed by atoms with Crippen LogP contribution in [0.25, 0.3) is 0 Å². The van der Waals surface area contributed by atoms with Gasteiger partial charge in [0.05, 0.1) is 0 Å². The Hall–Kier alpha value is -3.02. The number of carbonyl (C=O) groups excluding carboxylic acids is 2. The second-order valence-corrected chi connectivity index (χ2v) is 11.0. The van der Waals surface area contributed by atoms with Crippen LogP contribution >= 0.6 is 23.2 Å². The lowest BCUT2D eigenvalue weighted by molar-refractivity contribution is -0.143. The van der Waals surface area contributed by atoms with E-state index in [0.29, 0.717) is 27.8 Å². The highest BCUT2D eigenvalue weighted by Crippen LogP contribution is 2.28. The van der Waals surface area contributed by atoms with Crippen molar-refractivity contribution >= 4 is 35.0 Å². The maximum atomic E-state index is 13.8. The molecule has 3 aromatic rings. The second-order valence-electron chi connectivity index (χ2n) is 10.2. The molecule has 0 aromatic heterocycles. The zero-order valence-electron chi connectivity index (χ0n) is 22.0. The van der Waals surface area contributed by atoms with Gasteiger partial charge in [-0.1, -0.05) is 77.3 Å². The molecule has 0 aliphatic carbocycles. The summed E-state index contributed by atoms with van der Waals surface area (Å²) in [7, 11) is 0. The van der Waals surface area contributed by atoms with Gasteiger partial charge in [0.1, 0.15) is 11.8 Å². The SMILES string of the molecule is Cc1ccc(OCC(=O)N(Cc2c(Cl)cccc2Cl)[C@H](Cc2ccccc2)C(=O)NC(C)(C)C)c(C)c1. The van der Waals surface area contributed by atoms with E-state index in [1.807, 2.05) is 83.1 Å². The van der Waals surface area contributed by atoms with E-state index in [2.05, 4.69) is 5.32 Å². The van der Waals surface area contributed by atoms with Crippen LogP contribution in [0.1, 0.15) is 43.0 Å². The standard InChI is InChI=1S/C30H34Cl2N2O3/c1-20-14-15-27(21(2)16-20)37-19-28(35)34(18-23-24(31)12-9-13-25(23)32)26(29(36)33-30(3,4)5)17-22-10-7-6-8-11-22/h6-16,26H,17-19H2,1-5H3,(H,33,36)/t26-/m1/s1. The Morgan fingerprint density at radius 3 is 2.19 bits per heavy atom. The smallest absolute Gasteiger partial charge is 0.261 e. The number of nitrogens with zero attached hydrogens (tertiary/aromatic N) is 1. The van der Waals surface area contributed by atoms with Crippen LogP contribution in [0, 0.1) is 13.8 Å². The Bertz CT molecular complexity index is 1220. The summed E-state index contributed by atoms with van der Waals surface area (Å²) in [6.45, 7) is 9.48. The van der Waals surface area contributed by atoms with Crippen molar-refractivity contribution in [3.05, 3.63) is 99.0 Å². The highest BCUT2D eigenvalue weighted by atomic mass is 35.5. The van der Waals surface area contributed by atoms with Crippen molar-refractivity contribution in [3.8, 4) is 5.75 Å². The van der Waals surface area contributed by atoms with Gasteiger partial charge in [-0.05, 0) is 63.9 Å². The van der Waals surface area contributed by atoms with E-state index in [4.69, 9.17) is 27.9 Å². The first-order valence-electron chi connectivity index (χ1n) is 12.2. The molecule has 0 heterocycles. The van der Waals surface area contributed by atoms with Crippen LogP contribution in [0.2, 0.25) is 10.0 Å². The average molecular weight is 542 g/mol. The number of amides is 2. The predicted molar refractivity (Wildman–Crippen MR) is 150 cm³/mol. The summed E-state index contributed by atoms with van der Waals surface area (Å²) in [5, 5.41) is 3.89. The van der Waals surface area contributed by atoms with Crippen LogP contribution < -0.4 is 10.1 Å². The summed E-state index contributed by atoms with van der Waals surface area (Å²) in [6, 6.07) is 19.8. The summed E-state index contributed by atoms with van der Waals surface area (Å²) in [5.74, 6) is 0.00813. The van der Waals surface area contributed by atoms with Crippen LogP contribution in [0.5, 0.6) is 5.75 Å². The maximum absolute atomic E-state index is 13.8. The molecule has 2 amide bonds. The Balaban J connectivity index is 1.99. The van der Waals surface area contributed by atoms with E-state index in [1.165, 1.54) is 4.90 Å². The van der Waals surface area contributed by atoms with Crippen LogP contribution in [0.3, 0.4) is 0 Å². The van der Waals surface area contributed by atoms with Crippen molar-refractivity contribution in [1.29, 1.82) is 0 Å². The highest BCUT2D eigenvalue weighted by Gasteiger charge is 2.33. The molecule has 3 aromatic carbocycles. The van der Waals surface area contributed by atoms with Gasteiger partial charge in [-0.2, -0.15) is 0 Å². The lowest BCUT2D eigenvalue weighted by atomic mass is 10.0. The van der Waals surface area contributed by atoms with Crippen molar-refractivity contribution in [1.82, 2.24) is 10.2 Å². The zero-order valence-corrected chi connectivity index (χ0v) is 23.5. The zero-order chi connectivity index (χ0) is 27.2. The van der Waals surface area contributed by atoms with Gasteiger partial charge in [-0.15, -0.1) is 0 Å². The van der Waals surface area contributed by atoms with Crippen molar-refractivity contribution in [2.45, 2.75) is 59.2 Å². The molecular weight excluding hydrogens is 507 g/mol. The lowest BCUT2D eigenvalue weighted by Gasteiger charge is -2.34. The number of aryl methyl sites for hydroxylation is 2. The Kier molecular flexibility index (Phi) is 9.63. The molecule has 0 unspecified atom stereocenters. The minimum atomic E-state index is -0.816. The third kappa shape index (κ3) is 8.24. The minimum absolute atomic E-state index is 0.0582. The topological polar surface area (TPSA) is 58.6 Å². The molecular formula is C30H34Cl2N2O3. The number of rotatable bonds is 9. The number of carbonyl (C=O) groups is 2. The van der Waals surface area contributed by atoms with Gasteiger partial charge in [-0.25, -0.2) is 0 Å². The molecule has 196 valence electrons. The first-order chi connectivity index (χ1) is 17.4. The Morgan fingerprint density at radius 2 is 1.59 bits per heavy atom. The van der Waals surface area contributed by atoms with Gasteiger partial charge in [0, 0.05) is 34.1 Å². The van der Waals surface area contributed by atoms with Crippen molar-refractivity contribution in [2.24, 2.45) is 0 Å². The van der Waals surface area contributed by atoms with Crippen LogP contribution in [0.15, 0.2) is 66.7 Å². The fraction of sp³-hybridized carbons (Fsp3) is 0.333. The van der Waals surface area contributed by atoms with Gasteiger partial charge < -0.3 is 15.0 Å². The predicted octanol–water partition coefficient (Wildman–Crippen LogP) is 6.54. The number of hydrogen-bond acceptors (Lipinski definition) is 3. The summed E-state index contributed by atoms with van der Waals surface area (Å²) in [5.41, 5.74) is 3.05. The fourth-order valence-electron chi connectivity index (χ4n) is 4.04. The van der Waals surface area contributed by atoms with Gasteiger partial charge in [0.15, 0.2) is 6.61 Å². The number of benzene rings is 3. The fourth-order valence-corrected chi connectivity index (χ4v) is 4.56. The van der Waals surface area contributed by atoms with E-state index >= 15 is 0 Å². The molecule has 5 nitrogen and oxygen atoms in total. The first-order valence-corrected chi connectivity index (χ1v) is 13.0. The van der Waals surface area contributed by atoms with E-state index in [9.17, 15) is 9.59 Å². The van der Waals surface area contributed by atoms with E-state index in [1.54, 1.807) is 18.2 Å². The molecule has 7 heteroatoms. The summed E-state index contributed by atoms with van der Waals surface area (Å²) in [4.78, 5) is 28.9. The number of hydrogen-bond donors (Lipinski definition) is 1. The maximum Gasteiger partial charge on any atom is 0.261 e. The van der Waals surface area contributed by atoms with Gasteiger partial charge in [0.25, 0.3) is 5.91 Å². The number of ether oxygens (including phenoxy) is 1. The molecule has 1 N–H and O–H groups in total. The van der Waals surface area contributed by atoms with Crippen LogP contribution in [-0.2, 0) is 22.6 Å². The van der Waals surface area contributed by atoms with Crippen molar-refractivity contribution in [2.75, 3.05) is 6.61 Å². The van der Waals surface area contributed by atoms with Crippen molar-refractivity contribution < 1.29 is 14.3 Å².